The number of ether oxygens (including phenoxy) is 4. The molecule has 0 unspecified atom stereocenters. The van der Waals surface area contributed by atoms with Gasteiger partial charge in [-0.15, -0.1) is 0 Å². The third-order valence-electron chi connectivity index (χ3n) is 11.5. The lowest BCUT2D eigenvalue weighted by Gasteiger charge is -2.24. The third-order valence-corrected chi connectivity index (χ3v) is 12.4. The topological polar surface area (TPSA) is 255 Å². The van der Waals surface area contributed by atoms with Gasteiger partial charge in [0, 0.05) is 76.4 Å². The van der Waals surface area contributed by atoms with E-state index in [1.807, 2.05) is 0 Å². The molecular formula is C64H60Br2F12N10O8. The Morgan fingerprint density at radius 3 is 1.34 bits per heavy atom. The number of aromatic nitrogens is 2. The summed E-state index contributed by atoms with van der Waals surface area (Å²) in [6.07, 6.45) is -15.0. The van der Waals surface area contributed by atoms with E-state index in [1.54, 1.807) is 96.1 Å². The molecule has 10 N–H and O–H groups in total. The van der Waals surface area contributed by atoms with Crippen molar-refractivity contribution in [3.8, 4) is 34.5 Å². The zero-order valence-corrected chi connectivity index (χ0v) is 54.8. The second kappa shape index (κ2) is 32.4. The van der Waals surface area contributed by atoms with Gasteiger partial charge < -0.3 is 62.3 Å². The molecule has 0 aliphatic rings. The van der Waals surface area contributed by atoms with Crippen molar-refractivity contribution in [2.75, 3.05) is 46.8 Å². The van der Waals surface area contributed by atoms with E-state index in [1.165, 1.54) is 69.0 Å². The van der Waals surface area contributed by atoms with E-state index in [0.717, 1.165) is 48.5 Å². The Bertz CT molecular complexity index is 4000. The first-order valence-corrected chi connectivity index (χ1v) is 29.2. The van der Waals surface area contributed by atoms with Crippen LogP contribution in [-0.2, 0) is 24.7 Å². The SMILES string of the molecule is CC(C)(C)Oc1ccc(C(F)(F)F)cc1N.CNC(=O)c1cc(Oc2ccc(NC(=O)Nc3cc(C(F)(F)F)ccc3OC(C)(C)C)cc2)ccn1.CNC(=O)c1cc(Oc2cccc(NC(=O)Nc3cc(Br)cc(C(F)(F)F)c3)c2)ccn1.Nc1cc(Br)cc(C(F)(F)F)c1. The van der Waals surface area contributed by atoms with E-state index in [9.17, 15) is 71.9 Å². The fourth-order valence-electron chi connectivity index (χ4n) is 7.52. The number of nitrogen functional groups attached to an aromatic ring is 2. The summed E-state index contributed by atoms with van der Waals surface area (Å²) in [5.41, 5.74) is 7.20. The van der Waals surface area contributed by atoms with Gasteiger partial charge in [0.25, 0.3) is 11.8 Å². The molecule has 18 nitrogen and oxygen atoms in total. The summed E-state index contributed by atoms with van der Waals surface area (Å²) in [6.45, 7) is 10.6. The van der Waals surface area contributed by atoms with Crippen LogP contribution in [0, 0.1) is 0 Å². The van der Waals surface area contributed by atoms with Gasteiger partial charge in [-0.1, -0.05) is 37.9 Å². The monoisotopic (exact) mass is 1480 g/mol. The predicted molar refractivity (Wildman–Crippen MR) is 344 cm³/mol. The standard InChI is InChI=1S/C25H25F3N4O4.C21H16BrF3N4O3.C11H14F3NO.C7H5BrF3N/c1-24(2,3)36-21-10-5-15(25(26,27)28)13-19(21)32-23(34)31-16-6-8-17(9-7-16)35-18-11-12-30-20(14-18)22(33)29-4;1-26-19(30)18-11-17(5-6-27-18)32-16-4-2-3-14(10-16)28-20(31)29-15-8-12(21(23,24)25)7-13(22)9-15;1-10(2,3)16-9-5-4-7(6-8(9)15)11(12,13)14;8-5-1-4(7(9,10)11)2-6(12)3-5/h5-14H,1-4H3,(H,29,33)(H2,31,32,34);2-11H,1H3,(H,26,30)(H2,28,29,31);4-6H,15H2,1-3H3;1-3H,12H2. The van der Waals surface area contributed by atoms with Crippen LogP contribution in [0.15, 0.2) is 167 Å². The van der Waals surface area contributed by atoms with E-state index in [-0.39, 0.29) is 61.9 Å². The molecule has 0 spiro atoms. The van der Waals surface area contributed by atoms with Gasteiger partial charge in [-0.2, -0.15) is 52.7 Å². The maximum Gasteiger partial charge on any atom is 0.416 e. The molecule has 2 heterocycles. The lowest BCUT2D eigenvalue weighted by atomic mass is 10.1. The molecule has 0 aliphatic heterocycles. The lowest BCUT2D eigenvalue weighted by Crippen LogP contribution is -2.25. The number of rotatable bonds is 12. The van der Waals surface area contributed by atoms with Crippen LogP contribution in [0.2, 0.25) is 0 Å². The van der Waals surface area contributed by atoms with Crippen molar-refractivity contribution in [3.05, 3.63) is 201 Å². The summed E-state index contributed by atoms with van der Waals surface area (Å²) in [5, 5.41) is 14.8. The van der Waals surface area contributed by atoms with Crippen molar-refractivity contribution in [2.24, 2.45) is 0 Å². The van der Waals surface area contributed by atoms with E-state index in [0.29, 0.717) is 38.8 Å². The van der Waals surface area contributed by atoms with Crippen molar-refractivity contribution in [1.82, 2.24) is 20.6 Å². The Balaban J connectivity index is 0.000000251. The van der Waals surface area contributed by atoms with Gasteiger partial charge in [0.1, 0.15) is 57.1 Å². The molecule has 0 aliphatic carbocycles. The Morgan fingerprint density at radius 1 is 0.417 bits per heavy atom. The Kier molecular flexibility index (Phi) is 25.9. The summed E-state index contributed by atoms with van der Waals surface area (Å²) < 4.78 is 175. The minimum Gasteiger partial charge on any atom is -0.486 e. The number of hydrogen-bond donors (Lipinski definition) is 8. The van der Waals surface area contributed by atoms with Crippen LogP contribution < -0.4 is 62.3 Å². The van der Waals surface area contributed by atoms with Gasteiger partial charge >= 0.3 is 36.8 Å². The van der Waals surface area contributed by atoms with Crippen LogP contribution in [-0.4, -0.2) is 59.1 Å². The maximum atomic E-state index is 13.2. The fourth-order valence-corrected chi connectivity index (χ4v) is 8.52. The number of alkyl halides is 12. The van der Waals surface area contributed by atoms with Gasteiger partial charge in [-0.05, 0) is 163 Å². The first-order chi connectivity index (χ1) is 44.5. The molecule has 0 saturated carbocycles. The van der Waals surface area contributed by atoms with Crippen molar-refractivity contribution in [1.29, 1.82) is 0 Å². The van der Waals surface area contributed by atoms with Crippen LogP contribution >= 0.6 is 31.9 Å². The molecule has 2 aromatic heterocycles. The number of halogens is 14. The van der Waals surface area contributed by atoms with E-state index in [2.05, 4.69) is 73.7 Å². The highest BCUT2D eigenvalue weighted by atomic mass is 79.9. The van der Waals surface area contributed by atoms with Crippen molar-refractivity contribution >= 4 is 89.9 Å². The molecule has 32 heteroatoms. The number of nitrogens with zero attached hydrogens (tertiary/aromatic N) is 2. The number of carbonyl (C=O) groups is 4. The molecular weight excluding hydrogens is 1420 g/mol. The zero-order chi connectivity index (χ0) is 71.7. The highest BCUT2D eigenvalue weighted by molar-refractivity contribution is 9.10. The first-order valence-electron chi connectivity index (χ1n) is 27.6. The van der Waals surface area contributed by atoms with Gasteiger partial charge in [-0.3, -0.25) is 19.6 Å². The number of nitrogens with one attached hydrogen (secondary N) is 6. The molecule has 8 aromatic rings. The van der Waals surface area contributed by atoms with Gasteiger partial charge in [0.2, 0.25) is 0 Å². The summed E-state index contributed by atoms with van der Waals surface area (Å²) in [5.74, 6) is 1.16. The average molecular weight is 1490 g/mol. The highest BCUT2D eigenvalue weighted by Gasteiger charge is 2.34. The summed E-state index contributed by atoms with van der Waals surface area (Å²) in [7, 11) is 2.97. The summed E-state index contributed by atoms with van der Waals surface area (Å²) in [4.78, 5) is 56.1. The lowest BCUT2D eigenvalue weighted by molar-refractivity contribution is -0.138. The quantitative estimate of drug-likeness (QED) is 0.0420. The first kappa shape index (κ1) is 76.7. The summed E-state index contributed by atoms with van der Waals surface area (Å²) >= 11 is 5.93. The third kappa shape index (κ3) is 25.7. The largest absolute Gasteiger partial charge is 0.486 e. The smallest absolute Gasteiger partial charge is 0.416 e. The Morgan fingerprint density at radius 2 is 0.854 bits per heavy atom. The molecule has 512 valence electrons. The summed E-state index contributed by atoms with van der Waals surface area (Å²) in [6, 6.07) is 29.5. The second-order valence-corrected chi connectivity index (χ2v) is 23.5. The van der Waals surface area contributed by atoms with Crippen molar-refractivity contribution in [2.45, 2.75) is 77.4 Å². The van der Waals surface area contributed by atoms with Crippen LogP contribution in [0.5, 0.6) is 34.5 Å². The van der Waals surface area contributed by atoms with Crippen LogP contribution in [0.1, 0.15) is 84.8 Å². The fraction of sp³-hybridized carbons (Fsp3) is 0.219. The molecule has 0 saturated heterocycles. The number of carbonyl (C=O) groups excluding carboxylic acids is 4. The Labute approximate surface area is 558 Å². The van der Waals surface area contributed by atoms with Gasteiger partial charge in [-0.25, -0.2) is 9.59 Å². The van der Waals surface area contributed by atoms with E-state index in [4.69, 9.17) is 30.4 Å². The average Bonchev–Trinajstić information content (AvgIpc) is 0.848. The maximum absolute atomic E-state index is 13.2. The van der Waals surface area contributed by atoms with Crippen LogP contribution in [0.4, 0.5) is 96.4 Å². The molecule has 6 amide bonds. The van der Waals surface area contributed by atoms with Crippen LogP contribution in [0.3, 0.4) is 0 Å². The molecule has 0 radical (unpaired) electrons. The molecule has 0 fully saturated rings. The molecule has 6 aromatic carbocycles. The molecule has 0 bridgehead atoms. The number of urea groups is 2. The number of benzene rings is 6. The van der Waals surface area contributed by atoms with Crippen molar-refractivity contribution < 1.29 is 90.8 Å². The minimum absolute atomic E-state index is 0.00949. The predicted octanol–water partition coefficient (Wildman–Crippen LogP) is 18.2. The number of anilines is 6. The normalized spacial score (nSPS) is 11.5. The van der Waals surface area contributed by atoms with E-state index >= 15 is 0 Å². The highest BCUT2D eigenvalue weighted by Crippen LogP contribution is 2.39. The van der Waals surface area contributed by atoms with Gasteiger partial charge in [0.15, 0.2) is 0 Å². The van der Waals surface area contributed by atoms with Crippen LogP contribution in [0.25, 0.3) is 0 Å². The second-order valence-electron chi connectivity index (χ2n) is 21.7. The minimum atomic E-state index is -4.58. The molecule has 96 heavy (non-hydrogen) atoms. The van der Waals surface area contributed by atoms with E-state index < -0.39 is 70.2 Å². The number of hydrogen-bond acceptors (Lipinski definition) is 12. The number of nitrogens with two attached hydrogens (primary N) is 2. The molecule has 0 atom stereocenters. The Hall–Kier alpha value is -9.98. The number of pyridine rings is 2. The van der Waals surface area contributed by atoms with Gasteiger partial charge in [0.05, 0.1) is 33.6 Å². The number of amides is 6. The van der Waals surface area contributed by atoms with Crippen molar-refractivity contribution in [3.63, 3.8) is 0 Å². The molecule has 8 rings (SSSR count). The zero-order valence-electron chi connectivity index (χ0n) is 51.6.